The first-order chi connectivity index (χ1) is 13.1. The lowest BCUT2D eigenvalue weighted by molar-refractivity contribution is -0.152. The Bertz CT molecular complexity index is 932. The molecule has 27 heavy (non-hydrogen) atoms. The molecular formula is C21H21NO5. The summed E-state index contributed by atoms with van der Waals surface area (Å²) in [4.78, 5) is 24.4. The molecule has 0 unspecified atom stereocenters. The van der Waals surface area contributed by atoms with E-state index in [0.717, 1.165) is 16.5 Å². The molecule has 0 N–H and O–H groups in total. The summed E-state index contributed by atoms with van der Waals surface area (Å²) in [5.41, 5.74) is 2.43. The third kappa shape index (κ3) is 4.17. The average molecular weight is 367 g/mol. The van der Waals surface area contributed by atoms with Crippen LogP contribution in [0.1, 0.15) is 11.1 Å². The second-order valence-electron chi connectivity index (χ2n) is 6.03. The summed E-state index contributed by atoms with van der Waals surface area (Å²) < 4.78 is 16.9. The summed E-state index contributed by atoms with van der Waals surface area (Å²) in [5.74, 6) is -0.457. The van der Waals surface area contributed by atoms with Crippen molar-refractivity contribution in [3.8, 4) is 0 Å². The molecular weight excluding hydrogens is 346 g/mol. The molecule has 0 saturated carbocycles. The van der Waals surface area contributed by atoms with Crippen LogP contribution in [-0.2, 0) is 32.0 Å². The fourth-order valence-electron chi connectivity index (χ4n) is 2.95. The van der Waals surface area contributed by atoms with Crippen molar-refractivity contribution in [1.29, 1.82) is 0 Å². The van der Waals surface area contributed by atoms with Gasteiger partial charge in [0.05, 0.1) is 12.6 Å². The minimum Gasteiger partial charge on any atom is -0.467 e. The van der Waals surface area contributed by atoms with Gasteiger partial charge in [0.2, 0.25) is 0 Å². The van der Waals surface area contributed by atoms with E-state index in [1.807, 2.05) is 54.6 Å². The van der Waals surface area contributed by atoms with E-state index in [9.17, 15) is 9.59 Å². The zero-order valence-corrected chi connectivity index (χ0v) is 15.3. The molecule has 0 aliphatic heterocycles. The molecule has 0 bridgehead atoms. The number of carbonyl (C=O) groups is 2. The SMILES string of the molecule is COC(=O)[C@H](Cc1cn(C(=O)OCc2ccccc2)c2ccccc12)OC. The highest BCUT2D eigenvalue weighted by atomic mass is 16.6. The Labute approximate surface area is 157 Å². The maximum absolute atomic E-state index is 12.6. The number of carbonyl (C=O) groups excluding carboxylic acids is 2. The molecule has 6 nitrogen and oxygen atoms in total. The van der Waals surface area contributed by atoms with E-state index in [1.54, 1.807) is 6.20 Å². The number of methoxy groups -OCH3 is 2. The average Bonchev–Trinajstić information content (AvgIpc) is 3.09. The van der Waals surface area contributed by atoms with Crippen molar-refractivity contribution in [2.45, 2.75) is 19.1 Å². The molecule has 0 radical (unpaired) electrons. The number of hydrogen-bond donors (Lipinski definition) is 0. The molecule has 140 valence electrons. The van der Waals surface area contributed by atoms with E-state index in [1.165, 1.54) is 18.8 Å². The van der Waals surface area contributed by atoms with Gasteiger partial charge in [-0.05, 0) is 17.2 Å². The van der Waals surface area contributed by atoms with Gasteiger partial charge in [-0.3, -0.25) is 4.57 Å². The Balaban J connectivity index is 1.85. The van der Waals surface area contributed by atoms with E-state index in [2.05, 4.69) is 0 Å². The number of nitrogens with zero attached hydrogens (tertiary/aromatic N) is 1. The Hall–Kier alpha value is -3.12. The van der Waals surface area contributed by atoms with E-state index in [-0.39, 0.29) is 6.61 Å². The minimum absolute atomic E-state index is 0.185. The third-order valence-corrected chi connectivity index (χ3v) is 4.35. The minimum atomic E-state index is -0.741. The number of para-hydroxylation sites is 1. The van der Waals surface area contributed by atoms with E-state index in [0.29, 0.717) is 11.9 Å². The fourth-order valence-corrected chi connectivity index (χ4v) is 2.95. The lowest BCUT2D eigenvalue weighted by atomic mass is 10.1. The van der Waals surface area contributed by atoms with E-state index >= 15 is 0 Å². The Morgan fingerprint density at radius 3 is 2.41 bits per heavy atom. The molecule has 2 aromatic carbocycles. The number of esters is 1. The lowest BCUT2D eigenvalue weighted by Crippen LogP contribution is -2.26. The van der Waals surface area contributed by atoms with Gasteiger partial charge in [-0.15, -0.1) is 0 Å². The topological polar surface area (TPSA) is 66.8 Å². The molecule has 0 aliphatic carbocycles. The highest BCUT2D eigenvalue weighted by Gasteiger charge is 2.22. The Morgan fingerprint density at radius 2 is 1.70 bits per heavy atom. The predicted molar refractivity (Wildman–Crippen MR) is 100 cm³/mol. The number of benzene rings is 2. The summed E-state index contributed by atoms with van der Waals surface area (Å²) in [6.45, 7) is 0.185. The van der Waals surface area contributed by atoms with Crippen molar-refractivity contribution < 1.29 is 23.8 Å². The van der Waals surface area contributed by atoms with Gasteiger partial charge in [-0.2, -0.15) is 0 Å². The molecule has 1 heterocycles. The first-order valence-electron chi connectivity index (χ1n) is 8.54. The maximum atomic E-state index is 12.6. The maximum Gasteiger partial charge on any atom is 0.418 e. The van der Waals surface area contributed by atoms with Crippen LogP contribution in [0.4, 0.5) is 4.79 Å². The monoisotopic (exact) mass is 367 g/mol. The largest absolute Gasteiger partial charge is 0.467 e. The van der Waals surface area contributed by atoms with Gasteiger partial charge >= 0.3 is 12.1 Å². The van der Waals surface area contributed by atoms with Gasteiger partial charge in [0, 0.05) is 25.1 Å². The molecule has 0 fully saturated rings. The number of aromatic nitrogens is 1. The third-order valence-electron chi connectivity index (χ3n) is 4.35. The molecule has 0 amide bonds. The molecule has 0 aliphatic rings. The second-order valence-corrected chi connectivity index (χ2v) is 6.03. The van der Waals surface area contributed by atoms with Crippen molar-refractivity contribution in [3.05, 3.63) is 71.9 Å². The number of hydrogen-bond acceptors (Lipinski definition) is 5. The Kier molecular flexibility index (Phi) is 5.88. The first kappa shape index (κ1) is 18.7. The lowest BCUT2D eigenvalue weighted by Gasteiger charge is -2.11. The van der Waals surface area contributed by atoms with Crippen LogP contribution in [-0.4, -0.2) is 37.0 Å². The summed E-state index contributed by atoms with van der Waals surface area (Å²) >= 11 is 0. The van der Waals surface area contributed by atoms with Gasteiger partial charge in [-0.1, -0.05) is 48.5 Å². The number of ether oxygens (including phenoxy) is 3. The standard InChI is InChI=1S/C21H21NO5/c1-25-19(20(23)26-2)12-16-13-22(18-11-7-6-10-17(16)18)21(24)27-14-15-8-4-3-5-9-15/h3-11,13,19H,12,14H2,1-2H3/t19-/m0/s1. The smallest absolute Gasteiger partial charge is 0.418 e. The van der Waals surface area contributed by atoms with Gasteiger partial charge in [0.15, 0.2) is 6.10 Å². The number of rotatable bonds is 6. The van der Waals surface area contributed by atoms with Gasteiger partial charge in [-0.25, -0.2) is 9.59 Å². The molecule has 0 spiro atoms. The van der Waals surface area contributed by atoms with E-state index in [4.69, 9.17) is 14.2 Å². The van der Waals surface area contributed by atoms with Crippen molar-refractivity contribution in [2.75, 3.05) is 14.2 Å². The summed E-state index contributed by atoms with van der Waals surface area (Å²) in [6, 6.07) is 16.9. The molecule has 0 saturated heterocycles. The van der Waals surface area contributed by atoms with Crippen LogP contribution in [0.2, 0.25) is 0 Å². The van der Waals surface area contributed by atoms with Crippen LogP contribution in [0.25, 0.3) is 10.9 Å². The van der Waals surface area contributed by atoms with Crippen LogP contribution in [0.5, 0.6) is 0 Å². The van der Waals surface area contributed by atoms with Crippen LogP contribution < -0.4 is 0 Å². The van der Waals surface area contributed by atoms with Crippen molar-refractivity contribution in [2.24, 2.45) is 0 Å². The van der Waals surface area contributed by atoms with Crippen molar-refractivity contribution in [1.82, 2.24) is 4.57 Å². The quantitative estimate of drug-likeness (QED) is 0.623. The van der Waals surface area contributed by atoms with Crippen molar-refractivity contribution in [3.63, 3.8) is 0 Å². The van der Waals surface area contributed by atoms with Crippen LogP contribution in [0, 0.1) is 0 Å². The van der Waals surface area contributed by atoms with Crippen LogP contribution in [0.3, 0.4) is 0 Å². The van der Waals surface area contributed by atoms with Gasteiger partial charge in [0.1, 0.15) is 6.61 Å². The van der Waals surface area contributed by atoms with E-state index < -0.39 is 18.2 Å². The molecule has 3 aromatic rings. The van der Waals surface area contributed by atoms with Gasteiger partial charge in [0.25, 0.3) is 0 Å². The van der Waals surface area contributed by atoms with Crippen LogP contribution in [0.15, 0.2) is 60.8 Å². The first-order valence-corrected chi connectivity index (χ1v) is 8.54. The molecule has 1 aromatic heterocycles. The number of fused-ring (bicyclic) bond motifs is 1. The summed E-state index contributed by atoms with van der Waals surface area (Å²) in [7, 11) is 2.77. The predicted octanol–water partition coefficient (Wildman–Crippen LogP) is 3.56. The van der Waals surface area contributed by atoms with Crippen molar-refractivity contribution >= 4 is 23.0 Å². The fraction of sp³-hybridized carbons (Fsp3) is 0.238. The highest BCUT2D eigenvalue weighted by Crippen LogP contribution is 2.24. The molecule has 3 rings (SSSR count). The van der Waals surface area contributed by atoms with Gasteiger partial charge < -0.3 is 14.2 Å². The normalized spacial score (nSPS) is 11.9. The molecule has 1 atom stereocenters. The zero-order valence-electron chi connectivity index (χ0n) is 15.3. The van der Waals surface area contributed by atoms with Crippen LogP contribution >= 0.6 is 0 Å². The Morgan fingerprint density at radius 1 is 1.00 bits per heavy atom. The summed E-state index contributed by atoms with van der Waals surface area (Å²) in [5, 5.41) is 0.861. The zero-order chi connectivity index (χ0) is 19.2. The highest BCUT2D eigenvalue weighted by molar-refractivity contribution is 5.92. The molecule has 6 heteroatoms. The second kappa shape index (κ2) is 8.51. The summed E-state index contributed by atoms with van der Waals surface area (Å²) in [6.07, 6.45) is 0.762.